The third kappa shape index (κ3) is 2.84. The molecular weight excluding hydrogens is 248 g/mol. The molecule has 2 unspecified atom stereocenters. The van der Waals surface area contributed by atoms with Gasteiger partial charge in [0.1, 0.15) is 5.75 Å². The Kier molecular flexibility index (Phi) is 4.71. The minimum Gasteiger partial charge on any atom is -0.496 e. The van der Waals surface area contributed by atoms with Gasteiger partial charge in [-0.1, -0.05) is 26.0 Å². The lowest BCUT2D eigenvalue weighted by molar-refractivity contribution is 0.313. The molecule has 1 aliphatic rings. The van der Waals surface area contributed by atoms with Gasteiger partial charge in [-0.2, -0.15) is 0 Å². The Labute approximate surface area is 123 Å². The van der Waals surface area contributed by atoms with E-state index in [2.05, 4.69) is 44.9 Å². The fourth-order valence-corrected chi connectivity index (χ4v) is 3.40. The van der Waals surface area contributed by atoms with Gasteiger partial charge >= 0.3 is 0 Å². The normalized spacial score (nSPS) is 23.6. The number of methoxy groups -OCH3 is 1. The number of aryl methyl sites for hydroxylation is 1. The van der Waals surface area contributed by atoms with E-state index >= 15 is 0 Å². The Morgan fingerprint density at radius 1 is 1.40 bits per heavy atom. The molecule has 1 fully saturated rings. The Morgan fingerprint density at radius 2 is 2.10 bits per heavy atom. The van der Waals surface area contributed by atoms with Crippen LogP contribution in [0.3, 0.4) is 0 Å². The zero-order valence-electron chi connectivity index (χ0n) is 13.4. The van der Waals surface area contributed by atoms with Gasteiger partial charge in [-0.15, -0.1) is 0 Å². The van der Waals surface area contributed by atoms with Gasteiger partial charge in [-0.05, 0) is 55.5 Å². The molecule has 0 bridgehead atoms. The first-order chi connectivity index (χ1) is 9.47. The summed E-state index contributed by atoms with van der Waals surface area (Å²) >= 11 is 0. The SMILES string of the molecule is COc1c(C)cc(C2CC(CN)CN2C)cc1C(C)C. The summed E-state index contributed by atoms with van der Waals surface area (Å²) in [5, 5.41) is 0. The maximum absolute atomic E-state index is 5.84. The van der Waals surface area contributed by atoms with E-state index in [0.29, 0.717) is 17.9 Å². The van der Waals surface area contributed by atoms with Crippen LogP contribution in [0.5, 0.6) is 5.75 Å². The summed E-state index contributed by atoms with van der Waals surface area (Å²) in [7, 11) is 3.97. The molecule has 1 saturated heterocycles. The van der Waals surface area contributed by atoms with Crippen molar-refractivity contribution in [2.24, 2.45) is 11.7 Å². The first-order valence-electron chi connectivity index (χ1n) is 7.56. The average molecular weight is 276 g/mol. The summed E-state index contributed by atoms with van der Waals surface area (Å²) < 4.78 is 5.59. The summed E-state index contributed by atoms with van der Waals surface area (Å²) in [6, 6.07) is 5.10. The van der Waals surface area contributed by atoms with Crippen molar-refractivity contribution in [3.63, 3.8) is 0 Å². The lowest BCUT2D eigenvalue weighted by Gasteiger charge is -2.23. The van der Waals surface area contributed by atoms with Crippen LogP contribution in [0.25, 0.3) is 0 Å². The number of rotatable bonds is 4. The van der Waals surface area contributed by atoms with Crippen LogP contribution < -0.4 is 10.5 Å². The third-order valence-electron chi connectivity index (χ3n) is 4.50. The van der Waals surface area contributed by atoms with Crippen LogP contribution in [0.1, 0.15) is 48.9 Å². The number of hydrogen-bond acceptors (Lipinski definition) is 3. The molecule has 3 heteroatoms. The minimum atomic E-state index is 0.473. The molecule has 0 aliphatic carbocycles. The van der Waals surface area contributed by atoms with Crippen molar-refractivity contribution in [1.82, 2.24) is 4.90 Å². The van der Waals surface area contributed by atoms with Crippen molar-refractivity contribution >= 4 is 0 Å². The van der Waals surface area contributed by atoms with Crippen LogP contribution in [0.4, 0.5) is 0 Å². The number of hydrogen-bond donors (Lipinski definition) is 1. The minimum absolute atomic E-state index is 0.473. The zero-order chi connectivity index (χ0) is 14.9. The third-order valence-corrected chi connectivity index (χ3v) is 4.50. The van der Waals surface area contributed by atoms with Gasteiger partial charge in [-0.3, -0.25) is 4.90 Å². The van der Waals surface area contributed by atoms with Crippen LogP contribution in [0, 0.1) is 12.8 Å². The Morgan fingerprint density at radius 3 is 2.60 bits per heavy atom. The quantitative estimate of drug-likeness (QED) is 0.918. The van der Waals surface area contributed by atoms with Crippen LogP contribution in [-0.2, 0) is 0 Å². The van der Waals surface area contributed by atoms with Crippen molar-refractivity contribution in [1.29, 1.82) is 0 Å². The van der Waals surface area contributed by atoms with E-state index in [1.54, 1.807) is 7.11 Å². The molecule has 1 aliphatic heterocycles. The van der Waals surface area contributed by atoms with Crippen LogP contribution in [-0.4, -0.2) is 32.1 Å². The van der Waals surface area contributed by atoms with Gasteiger partial charge in [-0.25, -0.2) is 0 Å². The van der Waals surface area contributed by atoms with Gasteiger partial charge in [0.25, 0.3) is 0 Å². The highest BCUT2D eigenvalue weighted by atomic mass is 16.5. The number of nitrogens with zero attached hydrogens (tertiary/aromatic N) is 1. The summed E-state index contributed by atoms with van der Waals surface area (Å²) in [6.45, 7) is 8.48. The maximum atomic E-state index is 5.84. The maximum Gasteiger partial charge on any atom is 0.125 e. The van der Waals surface area contributed by atoms with Crippen LogP contribution in [0.2, 0.25) is 0 Å². The van der Waals surface area contributed by atoms with E-state index < -0.39 is 0 Å². The molecule has 0 saturated carbocycles. The molecule has 3 nitrogen and oxygen atoms in total. The Bertz CT molecular complexity index is 470. The largest absolute Gasteiger partial charge is 0.496 e. The molecule has 1 heterocycles. The van der Waals surface area contributed by atoms with Crippen molar-refractivity contribution in [2.45, 2.75) is 39.2 Å². The summed E-state index contributed by atoms with van der Waals surface area (Å²) in [5.41, 5.74) is 9.80. The Hall–Kier alpha value is -1.06. The predicted molar refractivity (Wildman–Crippen MR) is 84.4 cm³/mol. The molecule has 0 amide bonds. The van der Waals surface area contributed by atoms with Gasteiger partial charge in [0.15, 0.2) is 0 Å². The molecule has 2 N–H and O–H groups in total. The number of ether oxygens (including phenoxy) is 1. The molecule has 112 valence electrons. The van der Waals surface area contributed by atoms with E-state index in [1.165, 1.54) is 16.7 Å². The monoisotopic (exact) mass is 276 g/mol. The second-order valence-electron chi connectivity index (χ2n) is 6.41. The highest BCUT2D eigenvalue weighted by Crippen LogP contribution is 2.38. The van der Waals surface area contributed by atoms with E-state index in [4.69, 9.17) is 10.5 Å². The second kappa shape index (κ2) is 6.15. The highest BCUT2D eigenvalue weighted by molar-refractivity contribution is 5.46. The smallest absolute Gasteiger partial charge is 0.125 e. The summed E-state index contributed by atoms with van der Waals surface area (Å²) in [6.07, 6.45) is 1.16. The van der Waals surface area contributed by atoms with E-state index in [0.717, 1.165) is 25.3 Å². The molecule has 0 radical (unpaired) electrons. The molecular formula is C17H28N2O. The van der Waals surface area contributed by atoms with Gasteiger partial charge in [0.05, 0.1) is 7.11 Å². The topological polar surface area (TPSA) is 38.5 Å². The number of likely N-dealkylation sites (tertiary alicyclic amines) is 1. The van der Waals surface area contributed by atoms with Crippen LogP contribution in [0.15, 0.2) is 12.1 Å². The van der Waals surface area contributed by atoms with E-state index in [1.807, 2.05) is 0 Å². The summed E-state index contributed by atoms with van der Waals surface area (Å²) in [4.78, 5) is 2.43. The number of nitrogens with two attached hydrogens (primary N) is 1. The van der Waals surface area contributed by atoms with Crippen molar-refractivity contribution in [2.75, 3.05) is 27.2 Å². The van der Waals surface area contributed by atoms with Gasteiger partial charge in [0.2, 0.25) is 0 Å². The second-order valence-corrected chi connectivity index (χ2v) is 6.41. The molecule has 2 rings (SSSR count). The number of benzene rings is 1. The standard InChI is InChI=1S/C17H28N2O/c1-11(2)15-8-14(6-12(3)17(15)20-5)16-7-13(9-18)10-19(16)4/h6,8,11,13,16H,7,9-10,18H2,1-5H3. The molecule has 1 aromatic rings. The van der Waals surface area contributed by atoms with E-state index in [9.17, 15) is 0 Å². The van der Waals surface area contributed by atoms with Gasteiger partial charge in [0, 0.05) is 12.6 Å². The summed E-state index contributed by atoms with van der Waals surface area (Å²) in [5.74, 6) is 2.13. The fourth-order valence-electron chi connectivity index (χ4n) is 3.40. The van der Waals surface area contributed by atoms with Crippen molar-refractivity contribution in [3.05, 3.63) is 28.8 Å². The Balaban J connectivity index is 2.38. The fraction of sp³-hybridized carbons (Fsp3) is 0.647. The highest BCUT2D eigenvalue weighted by Gasteiger charge is 2.30. The lowest BCUT2D eigenvalue weighted by atomic mass is 9.92. The molecule has 1 aromatic carbocycles. The molecule has 0 spiro atoms. The molecule has 2 atom stereocenters. The predicted octanol–water partition coefficient (Wildman–Crippen LogP) is 3.08. The van der Waals surface area contributed by atoms with Crippen molar-refractivity contribution < 1.29 is 4.74 Å². The molecule has 20 heavy (non-hydrogen) atoms. The average Bonchev–Trinajstić information content (AvgIpc) is 2.79. The zero-order valence-corrected chi connectivity index (χ0v) is 13.4. The molecule has 0 aromatic heterocycles. The lowest BCUT2D eigenvalue weighted by Crippen LogP contribution is -2.20. The van der Waals surface area contributed by atoms with E-state index in [-0.39, 0.29) is 0 Å². The van der Waals surface area contributed by atoms with Crippen LogP contribution >= 0.6 is 0 Å². The first-order valence-corrected chi connectivity index (χ1v) is 7.56. The van der Waals surface area contributed by atoms with Crippen molar-refractivity contribution in [3.8, 4) is 5.75 Å². The first kappa shape index (κ1) is 15.3. The van der Waals surface area contributed by atoms with Gasteiger partial charge < -0.3 is 10.5 Å².